The van der Waals surface area contributed by atoms with Gasteiger partial charge in [0.1, 0.15) is 0 Å². The van der Waals surface area contributed by atoms with Gasteiger partial charge >= 0.3 is 0 Å². The number of hydrogen-bond donors (Lipinski definition) is 1. The number of nitrogens with one attached hydrogen (secondary N) is 1. The van der Waals surface area contributed by atoms with E-state index < -0.39 is 4.92 Å². The van der Waals surface area contributed by atoms with E-state index in [0.717, 1.165) is 5.56 Å². The van der Waals surface area contributed by atoms with Crippen molar-refractivity contribution in [3.63, 3.8) is 0 Å². The van der Waals surface area contributed by atoms with Crippen LogP contribution in [0.5, 0.6) is 0 Å². The van der Waals surface area contributed by atoms with E-state index in [-0.39, 0.29) is 30.0 Å². The molecule has 1 atom stereocenters. The zero-order chi connectivity index (χ0) is 17.3. The second-order valence-corrected chi connectivity index (χ2v) is 7.28. The van der Waals surface area contributed by atoms with Crippen LogP contribution in [0.2, 0.25) is 5.02 Å². The molecule has 25 heavy (non-hydrogen) atoms. The third kappa shape index (κ3) is 4.12. The summed E-state index contributed by atoms with van der Waals surface area (Å²) in [6.45, 7) is 3.51. The lowest BCUT2D eigenvalue weighted by Gasteiger charge is -2.36. The maximum atomic E-state index is 12.9. The molecule has 1 N–H and O–H groups in total. The highest BCUT2D eigenvalue weighted by Crippen LogP contribution is 2.32. The molecule has 0 radical (unpaired) electrons. The number of amides is 1. The molecule has 1 aliphatic heterocycles. The molecular weight excluding hydrogens is 385 g/mol. The van der Waals surface area contributed by atoms with Crippen LogP contribution in [-0.4, -0.2) is 35.4 Å². The summed E-state index contributed by atoms with van der Waals surface area (Å²) in [4.78, 5) is 26.2. The van der Waals surface area contributed by atoms with Crippen LogP contribution in [0.25, 0.3) is 0 Å². The van der Waals surface area contributed by atoms with Gasteiger partial charge < -0.3 is 10.2 Å². The Morgan fingerprint density at radius 2 is 2.20 bits per heavy atom. The van der Waals surface area contributed by atoms with Crippen LogP contribution >= 0.6 is 35.3 Å². The lowest BCUT2D eigenvalue weighted by Crippen LogP contribution is -2.48. The molecule has 0 bridgehead atoms. The molecule has 0 aliphatic carbocycles. The Balaban J connectivity index is 0.00000225. The Labute approximate surface area is 160 Å². The zero-order valence-corrected chi connectivity index (χ0v) is 15.8. The number of benzene rings is 1. The molecule has 134 valence electrons. The monoisotopic (exact) mass is 401 g/mol. The lowest BCUT2D eigenvalue weighted by atomic mass is 10.0. The van der Waals surface area contributed by atoms with Gasteiger partial charge in [-0.15, -0.1) is 23.7 Å². The molecule has 2 heterocycles. The van der Waals surface area contributed by atoms with Gasteiger partial charge in [0.05, 0.1) is 20.7 Å². The molecule has 1 saturated heterocycles. The Morgan fingerprint density at radius 3 is 2.84 bits per heavy atom. The molecule has 1 fully saturated rings. The number of thiophene rings is 1. The van der Waals surface area contributed by atoms with E-state index in [4.69, 9.17) is 11.6 Å². The number of halogens is 2. The van der Waals surface area contributed by atoms with Gasteiger partial charge in [0.15, 0.2) is 0 Å². The summed E-state index contributed by atoms with van der Waals surface area (Å²) in [5.41, 5.74) is 0.948. The van der Waals surface area contributed by atoms with E-state index in [1.54, 1.807) is 17.9 Å². The summed E-state index contributed by atoms with van der Waals surface area (Å²) in [6.07, 6.45) is 0. The largest absolute Gasteiger partial charge is 0.328 e. The number of rotatable bonds is 3. The van der Waals surface area contributed by atoms with Crippen molar-refractivity contribution >= 4 is 46.9 Å². The quantitative estimate of drug-likeness (QED) is 0.626. The minimum atomic E-state index is -0.450. The van der Waals surface area contributed by atoms with Gasteiger partial charge in [-0.3, -0.25) is 14.9 Å². The van der Waals surface area contributed by atoms with E-state index in [2.05, 4.69) is 5.32 Å². The second kappa shape index (κ2) is 8.14. The van der Waals surface area contributed by atoms with Gasteiger partial charge in [0, 0.05) is 30.7 Å². The van der Waals surface area contributed by atoms with Crippen molar-refractivity contribution in [2.75, 3.05) is 19.6 Å². The first-order valence-electron chi connectivity index (χ1n) is 7.49. The van der Waals surface area contributed by atoms with Crippen LogP contribution < -0.4 is 5.32 Å². The van der Waals surface area contributed by atoms with Gasteiger partial charge in [-0.1, -0.05) is 23.7 Å². The van der Waals surface area contributed by atoms with Gasteiger partial charge in [-0.2, -0.15) is 0 Å². The maximum Gasteiger partial charge on any atom is 0.283 e. The molecule has 1 aliphatic rings. The summed E-state index contributed by atoms with van der Waals surface area (Å²) >= 11 is 7.24. The second-order valence-electron chi connectivity index (χ2n) is 5.58. The molecule has 0 spiro atoms. The summed E-state index contributed by atoms with van der Waals surface area (Å²) in [5, 5.41) is 14.9. The van der Waals surface area contributed by atoms with Crippen LogP contribution in [0.4, 0.5) is 5.69 Å². The SMILES string of the molecule is Cc1sc(C(=O)N2CCNCC2c2cccc(Cl)c2)cc1[N+](=O)[O-].Cl. The van der Waals surface area contributed by atoms with E-state index in [1.165, 1.54) is 17.4 Å². The number of piperazine rings is 1. The molecule has 6 nitrogen and oxygen atoms in total. The molecule has 2 aromatic rings. The first-order chi connectivity index (χ1) is 11.5. The Bertz CT molecular complexity index is 797. The first-order valence-corrected chi connectivity index (χ1v) is 8.69. The smallest absolute Gasteiger partial charge is 0.283 e. The Hall–Kier alpha value is -1.67. The van der Waals surface area contributed by atoms with Crippen LogP contribution in [0, 0.1) is 17.0 Å². The van der Waals surface area contributed by atoms with Crippen LogP contribution in [-0.2, 0) is 0 Å². The van der Waals surface area contributed by atoms with Gasteiger partial charge in [-0.05, 0) is 24.6 Å². The normalized spacial score (nSPS) is 17.0. The van der Waals surface area contributed by atoms with Gasteiger partial charge in [0.2, 0.25) is 0 Å². The lowest BCUT2D eigenvalue weighted by molar-refractivity contribution is -0.385. The third-order valence-corrected chi connectivity index (χ3v) is 5.30. The standard InChI is InChI=1S/C16H16ClN3O3S.ClH/c1-10-13(20(22)23)8-15(24-10)16(21)19-6-5-18-9-14(19)11-3-2-4-12(17)7-11;/h2-4,7-8,14,18H,5-6,9H2,1H3;1H. The van der Waals surface area contributed by atoms with E-state index in [1.807, 2.05) is 18.2 Å². The highest BCUT2D eigenvalue weighted by atomic mass is 35.5. The topological polar surface area (TPSA) is 75.5 Å². The van der Waals surface area contributed by atoms with Crippen LogP contribution in [0.15, 0.2) is 30.3 Å². The summed E-state index contributed by atoms with van der Waals surface area (Å²) < 4.78 is 0. The van der Waals surface area contributed by atoms with Crippen molar-refractivity contribution in [2.24, 2.45) is 0 Å². The van der Waals surface area contributed by atoms with E-state index in [9.17, 15) is 14.9 Å². The molecule has 1 amide bonds. The number of aryl methyl sites for hydroxylation is 1. The first kappa shape index (κ1) is 19.7. The number of nitro groups is 1. The van der Waals surface area contributed by atoms with Crippen molar-refractivity contribution in [1.82, 2.24) is 10.2 Å². The minimum absolute atomic E-state index is 0. The average Bonchev–Trinajstić information content (AvgIpc) is 2.96. The molecule has 1 aromatic heterocycles. The molecule has 1 unspecified atom stereocenters. The number of nitrogens with zero attached hydrogens (tertiary/aromatic N) is 2. The molecule has 9 heteroatoms. The third-order valence-electron chi connectivity index (χ3n) is 4.04. The number of carbonyl (C=O) groups excluding carboxylic acids is 1. The maximum absolute atomic E-state index is 12.9. The summed E-state index contributed by atoms with van der Waals surface area (Å²) in [7, 11) is 0. The van der Waals surface area contributed by atoms with Crippen molar-refractivity contribution < 1.29 is 9.72 Å². The summed E-state index contributed by atoms with van der Waals surface area (Å²) in [5.74, 6) is -0.178. The van der Waals surface area contributed by atoms with E-state index >= 15 is 0 Å². The van der Waals surface area contributed by atoms with Crippen molar-refractivity contribution in [2.45, 2.75) is 13.0 Å². The Morgan fingerprint density at radius 1 is 1.44 bits per heavy atom. The predicted octanol–water partition coefficient (Wildman–Crippen LogP) is 3.83. The van der Waals surface area contributed by atoms with Gasteiger partial charge in [-0.25, -0.2) is 0 Å². The fraction of sp³-hybridized carbons (Fsp3) is 0.312. The molecule has 1 aromatic carbocycles. The van der Waals surface area contributed by atoms with Crippen LogP contribution in [0.3, 0.4) is 0 Å². The molecule has 3 rings (SSSR count). The Kier molecular flexibility index (Phi) is 6.40. The predicted molar refractivity (Wildman–Crippen MR) is 101 cm³/mol. The molecular formula is C16H17Cl2N3O3S. The van der Waals surface area contributed by atoms with Gasteiger partial charge in [0.25, 0.3) is 11.6 Å². The van der Waals surface area contributed by atoms with Crippen molar-refractivity contribution in [1.29, 1.82) is 0 Å². The zero-order valence-electron chi connectivity index (χ0n) is 13.4. The fourth-order valence-corrected chi connectivity index (χ4v) is 4.00. The van der Waals surface area contributed by atoms with Crippen molar-refractivity contribution in [3.8, 4) is 0 Å². The fourth-order valence-electron chi connectivity index (χ4n) is 2.86. The molecule has 0 saturated carbocycles. The van der Waals surface area contributed by atoms with Crippen molar-refractivity contribution in [3.05, 3.63) is 60.8 Å². The van der Waals surface area contributed by atoms with Crippen LogP contribution in [0.1, 0.15) is 26.2 Å². The van der Waals surface area contributed by atoms with E-state index in [0.29, 0.717) is 34.4 Å². The minimum Gasteiger partial charge on any atom is -0.328 e. The summed E-state index contributed by atoms with van der Waals surface area (Å²) in [6, 6.07) is 8.66. The number of carbonyl (C=O) groups is 1. The average molecular weight is 402 g/mol. The highest BCUT2D eigenvalue weighted by Gasteiger charge is 2.31. The highest BCUT2D eigenvalue weighted by molar-refractivity contribution is 7.14. The number of hydrogen-bond acceptors (Lipinski definition) is 5.